The molecule has 4 fully saturated rings. The zero-order valence-corrected chi connectivity index (χ0v) is 33.6. The highest BCUT2D eigenvalue weighted by Gasteiger charge is 2.71. The summed E-state index contributed by atoms with van der Waals surface area (Å²) in [4.78, 5) is 28.4. The highest BCUT2D eigenvalue weighted by atomic mass is 16.6. The minimum Gasteiger partial charge on any atom is -0.481 e. The third-order valence-electron chi connectivity index (χ3n) is 16.0. The van der Waals surface area contributed by atoms with E-state index in [9.17, 15) is 14.7 Å². The van der Waals surface area contributed by atoms with Crippen LogP contribution in [0, 0.1) is 56.7 Å². The summed E-state index contributed by atoms with van der Waals surface area (Å²) >= 11 is 0. The van der Waals surface area contributed by atoms with Crippen molar-refractivity contribution in [2.75, 3.05) is 33.7 Å². The van der Waals surface area contributed by atoms with Gasteiger partial charge in [-0.15, -0.1) is 0 Å². The summed E-state index contributed by atoms with van der Waals surface area (Å²) in [7, 11) is 4.16. The molecule has 2 N–H and O–H groups in total. The van der Waals surface area contributed by atoms with Crippen molar-refractivity contribution in [2.45, 2.75) is 119 Å². The number of carboxylic acid groups (broad SMARTS) is 1. The summed E-state index contributed by atoms with van der Waals surface area (Å²) in [5, 5.41) is 14.2. The van der Waals surface area contributed by atoms with Crippen LogP contribution in [0.1, 0.15) is 129 Å². The van der Waals surface area contributed by atoms with E-state index in [-0.39, 0.29) is 39.5 Å². The van der Waals surface area contributed by atoms with Crippen LogP contribution in [0.15, 0.2) is 42.5 Å². The number of hydrogen-bond acceptors (Lipinski definition) is 5. The lowest BCUT2D eigenvalue weighted by atomic mass is 9.32. The molecule has 6 heteroatoms. The second-order valence-electron chi connectivity index (χ2n) is 19.9. The van der Waals surface area contributed by atoms with Crippen LogP contribution < -0.4 is 5.32 Å². The summed E-state index contributed by atoms with van der Waals surface area (Å²) in [5.41, 5.74) is 3.72. The molecular weight excluding hydrogens is 633 g/mol. The van der Waals surface area contributed by atoms with Crippen molar-refractivity contribution in [3.05, 3.63) is 53.6 Å². The molecule has 9 atom stereocenters. The van der Waals surface area contributed by atoms with Crippen molar-refractivity contribution in [1.29, 1.82) is 0 Å². The van der Waals surface area contributed by atoms with Gasteiger partial charge in [0.05, 0.1) is 11.0 Å². The summed E-state index contributed by atoms with van der Waals surface area (Å²) in [6.45, 7) is 25.9. The first-order valence-corrected chi connectivity index (χ1v) is 20.0. The number of fused-ring (bicyclic) bond motifs is 7. The molecule has 0 spiro atoms. The van der Waals surface area contributed by atoms with Gasteiger partial charge in [-0.1, -0.05) is 65.0 Å². The molecule has 5 aliphatic carbocycles. The number of carboxylic acids is 1. The first-order chi connectivity index (χ1) is 23.7. The van der Waals surface area contributed by atoms with Crippen molar-refractivity contribution in [2.24, 2.45) is 56.7 Å². The topological polar surface area (TPSA) is 78.9 Å². The van der Waals surface area contributed by atoms with Crippen molar-refractivity contribution in [3.63, 3.8) is 0 Å². The Morgan fingerprint density at radius 2 is 1.63 bits per heavy atom. The number of rotatable bonds is 9. The van der Waals surface area contributed by atoms with E-state index in [0.29, 0.717) is 23.3 Å². The highest BCUT2D eigenvalue weighted by molar-refractivity contribution is 5.90. The van der Waals surface area contributed by atoms with Crippen molar-refractivity contribution in [1.82, 2.24) is 10.2 Å². The van der Waals surface area contributed by atoms with Crippen molar-refractivity contribution < 1.29 is 19.4 Å². The Hall–Kier alpha value is -2.44. The van der Waals surface area contributed by atoms with Crippen molar-refractivity contribution >= 4 is 17.5 Å². The highest BCUT2D eigenvalue weighted by Crippen LogP contribution is 2.77. The van der Waals surface area contributed by atoms with Crippen molar-refractivity contribution in [3.8, 4) is 0 Å². The first kappa shape index (κ1) is 38.3. The average molecular weight is 701 g/mol. The molecule has 5 aliphatic rings. The quantitative estimate of drug-likeness (QED) is 0.197. The average Bonchev–Trinajstić information content (AvgIpc) is 3.45. The van der Waals surface area contributed by atoms with Gasteiger partial charge in [-0.2, -0.15) is 0 Å². The lowest BCUT2D eigenvalue weighted by molar-refractivity contribution is -0.228. The van der Waals surface area contributed by atoms with Gasteiger partial charge in [0.2, 0.25) is 0 Å². The molecule has 51 heavy (non-hydrogen) atoms. The molecule has 0 aromatic heterocycles. The standard InChI is InChI=1S/C45H68N2O4/c1-29(28-47(11)27-26-46-10)32-18-23-45(39(49)50)25-24-43(8)34(37(32)45)16-17-36-42(7)21-19-33(41(5,6)35(42)20-22-44(36,43)9)30-12-14-31(15-13-30)38(48)51-40(2,3)4/h12-15,19,32,34-37,46H,1,16-18,20-28H2,2-11H3,(H,49,50)/t32-,34?,35-,36+,37+,42-,43+,44+,45-/m0/s1. The van der Waals surface area contributed by atoms with Crippen LogP contribution in [0.2, 0.25) is 0 Å². The van der Waals surface area contributed by atoms with Gasteiger partial charge >= 0.3 is 11.9 Å². The normalized spacial score (nSPS) is 38.5. The van der Waals surface area contributed by atoms with E-state index in [0.717, 1.165) is 58.2 Å². The maximum absolute atomic E-state index is 13.3. The molecule has 1 aromatic rings. The van der Waals surface area contributed by atoms with E-state index < -0.39 is 17.0 Å². The minimum atomic E-state index is -0.616. The second kappa shape index (κ2) is 13.1. The number of carbonyl (C=O) groups is 2. The number of ether oxygens (including phenoxy) is 1. The third kappa shape index (κ3) is 6.07. The van der Waals surface area contributed by atoms with E-state index >= 15 is 0 Å². The van der Waals surface area contributed by atoms with Crippen LogP contribution in [0.4, 0.5) is 0 Å². The van der Waals surface area contributed by atoms with Crippen LogP contribution in [0.25, 0.3) is 5.57 Å². The number of allylic oxidation sites excluding steroid dienone is 2. The summed E-state index contributed by atoms with van der Waals surface area (Å²) in [6, 6.07) is 8.10. The van der Waals surface area contributed by atoms with Crippen LogP contribution >= 0.6 is 0 Å². The van der Waals surface area contributed by atoms with Gasteiger partial charge in [-0.05, 0) is 167 Å². The minimum absolute atomic E-state index is 0.0157. The van der Waals surface area contributed by atoms with E-state index in [1.54, 1.807) is 0 Å². The number of likely N-dealkylation sites (N-methyl/N-ethyl adjacent to an activating group) is 2. The lowest BCUT2D eigenvalue weighted by Gasteiger charge is -2.72. The number of nitrogens with one attached hydrogen (secondary N) is 1. The molecular formula is C45H68N2O4. The molecule has 4 saturated carbocycles. The molecule has 0 heterocycles. The zero-order valence-electron chi connectivity index (χ0n) is 33.6. The fourth-order valence-electron chi connectivity index (χ4n) is 13.5. The number of nitrogens with zero attached hydrogens (tertiary/aromatic N) is 1. The Kier molecular flexibility index (Phi) is 9.87. The zero-order chi connectivity index (χ0) is 37.4. The lowest BCUT2D eigenvalue weighted by Crippen LogP contribution is -2.66. The van der Waals surface area contributed by atoms with Gasteiger partial charge in [-0.25, -0.2) is 4.79 Å². The maximum atomic E-state index is 13.3. The number of carbonyl (C=O) groups excluding carboxylic acids is 1. The summed E-state index contributed by atoms with van der Waals surface area (Å²) in [5.74, 6) is 1.15. The Morgan fingerprint density at radius 3 is 2.25 bits per heavy atom. The van der Waals surface area contributed by atoms with E-state index in [4.69, 9.17) is 4.74 Å². The largest absolute Gasteiger partial charge is 0.481 e. The molecule has 282 valence electrons. The fourth-order valence-corrected chi connectivity index (χ4v) is 13.5. The predicted octanol–water partition coefficient (Wildman–Crippen LogP) is 9.51. The molecule has 0 bridgehead atoms. The van der Waals surface area contributed by atoms with E-state index in [1.807, 2.05) is 40.0 Å². The van der Waals surface area contributed by atoms with Gasteiger partial charge < -0.3 is 20.1 Å². The fraction of sp³-hybridized carbons (Fsp3) is 0.733. The molecule has 1 aromatic carbocycles. The van der Waals surface area contributed by atoms with Crippen LogP contribution in [-0.4, -0.2) is 61.3 Å². The van der Waals surface area contributed by atoms with E-state index in [2.05, 4.69) is 76.7 Å². The Morgan fingerprint density at radius 1 is 0.941 bits per heavy atom. The van der Waals surface area contributed by atoms with Gasteiger partial charge in [0.25, 0.3) is 0 Å². The third-order valence-corrected chi connectivity index (χ3v) is 16.0. The van der Waals surface area contributed by atoms with Crippen LogP contribution in [0.5, 0.6) is 0 Å². The SMILES string of the molecule is C=C(CN(C)CCNC)[C@@H]1CC[C@]2(C(=O)O)CC[C@]3(C)C(CC[C@@H]4[C@@]5(C)CC=C(c6ccc(C(=O)OC(C)(C)C)cc6)C(C)(C)[C@@H]5CC[C@]43C)[C@@H]12. The number of aliphatic carboxylic acids is 1. The molecule has 0 aliphatic heterocycles. The van der Waals surface area contributed by atoms with Crippen LogP contribution in [0.3, 0.4) is 0 Å². The first-order valence-electron chi connectivity index (χ1n) is 20.0. The number of esters is 1. The Labute approximate surface area is 309 Å². The molecule has 0 radical (unpaired) electrons. The molecule has 6 nitrogen and oxygen atoms in total. The monoisotopic (exact) mass is 701 g/mol. The van der Waals surface area contributed by atoms with Gasteiger partial charge in [0.15, 0.2) is 0 Å². The van der Waals surface area contributed by atoms with Gasteiger partial charge in [-0.3, -0.25) is 4.79 Å². The predicted molar refractivity (Wildman–Crippen MR) is 207 cm³/mol. The second-order valence-corrected chi connectivity index (χ2v) is 19.9. The molecule has 6 rings (SSSR count). The van der Waals surface area contributed by atoms with Gasteiger partial charge in [0, 0.05) is 19.6 Å². The smallest absolute Gasteiger partial charge is 0.338 e. The summed E-state index contributed by atoms with van der Waals surface area (Å²) < 4.78 is 5.63. The molecule has 0 amide bonds. The van der Waals surface area contributed by atoms with Gasteiger partial charge in [0.1, 0.15) is 5.60 Å². The number of benzene rings is 1. The Balaban J connectivity index is 1.29. The van der Waals surface area contributed by atoms with Crippen LogP contribution in [-0.2, 0) is 9.53 Å². The molecule has 0 saturated heterocycles. The summed E-state index contributed by atoms with van der Waals surface area (Å²) in [6.07, 6.45) is 11.9. The molecule has 1 unspecified atom stereocenters. The van der Waals surface area contributed by atoms with E-state index in [1.165, 1.54) is 36.0 Å². The number of hydrogen-bond donors (Lipinski definition) is 2. The maximum Gasteiger partial charge on any atom is 0.338 e. The Bertz CT molecular complexity index is 1550.